The molecular formula is C12H25ClF3N3O. The van der Waals surface area contributed by atoms with E-state index in [1.807, 2.05) is 13.8 Å². The van der Waals surface area contributed by atoms with Gasteiger partial charge in [-0.15, -0.1) is 12.4 Å². The van der Waals surface area contributed by atoms with Crippen molar-refractivity contribution in [3.8, 4) is 0 Å². The minimum atomic E-state index is -4.23. The Labute approximate surface area is 125 Å². The van der Waals surface area contributed by atoms with E-state index in [9.17, 15) is 18.0 Å². The summed E-state index contributed by atoms with van der Waals surface area (Å²) >= 11 is 0. The molecule has 0 unspecified atom stereocenters. The quantitative estimate of drug-likeness (QED) is 0.703. The molecule has 0 rings (SSSR count). The van der Waals surface area contributed by atoms with Crippen LogP contribution in [-0.2, 0) is 4.79 Å². The van der Waals surface area contributed by atoms with E-state index in [1.54, 1.807) is 7.05 Å². The number of likely N-dealkylation sites (N-methyl/N-ethyl adjacent to an activating group) is 2. The van der Waals surface area contributed by atoms with Gasteiger partial charge in [0.05, 0.1) is 13.0 Å². The molecule has 20 heavy (non-hydrogen) atoms. The number of alkyl halides is 3. The van der Waals surface area contributed by atoms with E-state index in [2.05, 4.69) is 10.2 Å². The molecular weight excluding hydrogens is 295 g/mol. The highest BCUT2D eigenvalue weighted by atomic mass is 35.5. The molecule has 0 aromatic rings. The van der Waals surface area contributed by atoms with Crippen molar-refractivity contribution in [1.29, 1.82) is 0 Å². The zero-order chi connectivity index (χ0) is 14.9. The maximum atomic E-state index is 12.2. The zero-order valence-corrected chi connectivity index (χ0v) is 13.1. The molecule has 0 aromatic heterocycles. The van der Waals surface area contributed by atoms with Crippen molar-refractivity contribution in [2.24, 2.45) is 0 Å². The maximum absolute atomic E-state index is 12.2. The Bertz CT molecular complexity index is 261. The predicted octanol–water partition coefficient (Wildman–Crippen LogP) is 1.75. The van der Waals surface area contributed by atoms with Gasteiger partial charge >= 0.3 is 6.18 Å². The highest BCUT2D eigenvalue weighted by Crippen LogP contribution is 2.19. The van der Waals surface area contributed by atoms with Gasteiger partial charge in [-0.25, -0.2) is 0 Å². The van der Waals surface area contributed by atoms with E-state index in [4.69, 9.17) is 0 Å². The third-order valence-corrected chi connectivity index (χ3v) is 2.93. The van der Waals surface area contributed by atoms with Crippen LogP contribution in [0.15, 0.2) is 0 Å². The average molecular weight is 320 g/mol. The molecule has 0 aromatic carbocycles. The Morgan fingerprint density at radius 2 is 1.65 bits per heavy atom. The topological polar surface area (TPSA) is 35.6 Å². The van der Waals surface area contributed by atoms with E-state index >= 15 is 0 Å². The van der Waals surface area contributed by atoms with Crippen LogP contribution in [0.2, 0.25) is 0 Å². The number of carbonyl (C=O) groups is 1. The van der Waals surface area contributed by atoms with Crippen LogP contribution in [0.3, 0.4) is 0 Å². The first-order valence-corrected chi connectivity index (χ1v) is 6.55. The van der Waals surface area contributed by atoms with Crippen LogP contribution in [-0.4, -0.2) is 68.2 Å². The van der Waals surface area contributed by atoms with Crippen LogP contribution < -0.4 is 5.32 Å². The van der Waals surface area contributed by atoms with Crippen LogP contribution in [0.5, 0.6) is 0 Å². The lowest BCUT2D eigenvalue weighted by Gasteiger charge is -2.27. The molecule has 1 N–H and O–H groups in total. The van der Waals surface area contributed by atoms with Crippen molar-refractivity contribution < 1.29 is 18.0 Å². The summed E-state index contributed by atoms with van der Waals surface area (Å²) < 4.78 is 36.7. The van der Waals surface area contributed by atoms with E-state index in [-0.39, 0.29) is 31.4 Å². The number of halogens is 4. The van der Waals surface area contributed by atoms with Crippen LogP contribution in [0.1, 0.15) is 20.3 Å². The molecule has 0 fully saturated rings. The standard InChI is InChI=1S/C12H24F3N3O.ClH/c1-4-17(5-2)8-9-18(11(19)10-16-3)7-6-12(13,14)15;/h16H,4-10H2,1-3H3;1H. The Balaban J connectivity index is 0. The molecule has 0 aliphatic rings. The van der Waals surface area contributed by atoms with Crippen LogP contribution in [0, 0.1) is 0 Å². The Morgan fingerprint density at radius 3 is 2.05 bits per heavy atom. The Morgan fingerprint density at radius 1 is 1.10 bits per heavy atom. The number of hydrogen-bond donors (Lipinski definition) is 1. The second-order valence-corrected chi connectivity index (χ2v) is 4.30. The Hall–Kier alpha value is -0.530. The number of amides is 1. The normalized spacial score (nSPS) is 11.3. The molecule has 0 aliphatic heterocycles. The van der Waals surface area contributed by atoms with E-state index in [0.29, 0.717) is 13.1 Å². The SMILES string of the molecule is CCN(CC)CCN(CCC(F)(F)F)C(=O)CNC.Cl. The van der Waals surface area contributed by atoms with Gasteiger partial charge in [-0.05, 0) is 20.1 Å². The fraction of sp³-hybridized carbons (Fsp3) is 0.917. The van der Waals surface area contributed by atoms with Gasteiger partial charge in [-0.3, -0.25) is 4.79 Å². The molecule has 0 atom stereocenters. The predicted molar refractivity (Wildman–Crippen MR) is 76.2 cm³/mol. The number of nitrogens with one attached hydrogen (secondary N) is 1. The first-order valence-electron chi connectivity index (χ1n) is 6.55. The van der Waals surface area contributed by atoms with Crippen molar-refractivity contribution in [3.05, 3.63) is 0 Å². The summed E-state index contributed by atoms with van der Waals surface area (Å²) in [6, 6.07) is 0. The van der Waals surface area contributed by atoms with Crippen LogP contribution in [0.4, 0.5) is 13.2 Å². The van der Waals surface area contributed by atoms with Gasteiger partial charge in [0.25, 0.3) is 0 Å². The summed E-state index contributed by atoms with van der Waals surface area (Å²) in [5, 5.41) is 2.67. The molecule has 0 bridgehead atoms. The van der Waals surface area contributed by atoms with Crippen molar-refractivity contribution in [1.82, 2.24) is 15.1 Å². The zero-order valence-electron chi connectivity index (χ0n) is 12.3. The molecule has 1 amide bonds. The average Bonchev–Trinajstić information content (AvgIpc) is 2.32. The lowest BCUT2D eigenvalue weighted by atomic mass is 10.3. The molecule has 0 saturated heterocycles. The summed E-state index contributed by atoms with van der Waals surface area (Å²) in [4.78, 5) is 15.1. The summed E-state index contributed by atoms with van der Waals surface area (Å²) in [5.74, 6) is -0.293. The first-order chi connectivity index (χ1) is 8.84. The highest BCUT2D eigenvalue weighted by molar-refractivity contribution is 5.85. The monoisotopic (exact) mass is 319 g/mol. The Kier molecular flexibility index (Phi) is 12.1. The second kappa shape index (κ2) is 11.2. The molecule has 8 heteroatoms. The summed E-state index contributed by atoms with van der Waals surface area (Å²) in [5.41, 5.74) is 0. The minimum Gasteiger partial charge on any atom is -0.340 e. The van der Waals surface area contributed by atoms with E-state index < -0.39 is 12.6 Å². The van der Waals surface area contributed by atoms with Gasteiger partial charge in [0.2, 0.25) is 5.91 Å². The van der Waals surface area contributed by atoms with Crippen molar-refractivity contribution in [2.45, 2.75) is 26.4 Å². The first kappa shape index (κ1) is 21.8. The molecule has 0 radical (unpaired) electrons. The minimum absolute atomic E-state index is 0. The van der Waals surface area contributed by atoms with Crippen LogP contribution >= 0.6 is 12.4 Å². The van der Waals surface area contributed by atoms with Gasteiger partial charge in [-0.2, -0.15) is 13.2 Å². The van der Waals surface area contributed by atoms with E-state index in [0.717, 1.165) is 13.1 Å². The van der Waals surface area contributed by atoms with Crippen molar-refractivity contribution in [3.63, 3.8) is 0 Å². The molecule has 0 spiro atoms. The molecule has 0 saturated carbocycles. The smallest absolute Gasteiger partial charge is 0.340 e. The molecule has 0 heterocycles. The summed E-state index contributed by atoms with van der Waals surface area (Å²) in [7, 11) is 1.60. The van der Waals surface area contributed by atoms with Gasteiger partial charge < -0.3 is 15.1 Å². The lowest BCUT2D eigenvalue weighted by Crippen LogP contribution is -2.43. The fourth-order valence-corrected chi connectivity index (χ4v) is 1.69. The molecule has 4 nitrogen and oxygen atoms in total. The summed E-state index contributed by atoms with van der Waals surface area (Å²) in [6.07, 6.45) is -5.19. The summed E-state index contributed by atoms with van der Waals surface area (Å²) in [6.45, 7) is 6.34. The van der Waals surface area contributed by atoms with E-state index in [1.165, 1.54) is 4.90 Å². The largest absolute Gasteiger partial charge is 0.390 e. The van der Waals surface area contributed by atoms with Crippen LogP contribution in [0.25, 0.3) is 0 Å². The number of rotatable bonds is 9. The van der Waals surface area contributed by atoms with Crippen molar-refractivity contribution in [2.75, 3.05) is 46.3 Å². The second-order valence-electron chi connectivity index (χ2n) is 4.30. The van der Waals surface area contributed by atoms with Gasteiger partial charge in [0.1, 0.15) is 0 Å². The highest BCUT2D eigenvalue weighted by Gasteiger charge is 2.28. The number of nitrogens with zero attached hydrogens (tertiary/aromatic N) is 2. The fourth-order valence-electron chi connectivity index (χ4n) is 1.69. The molecule has 0 aliphatic carbocycles. The lowest BCUT2D eigenvalue weighted by molar-refractivity contribution is -0.145. The van der Waals surface area contributed by atoms with Gasteiger partial charge in [-0.1, -0.05) is 13.8 Å². The van der Waals surface area contributed by atoms with Gasteiger partial charge in [0.15, 0.2) is 0 Å². The van der Waals surface area contributed by atoms with Gasteiger partial charge in [0, 0.05) is 19.6 Å². The molecule has 122 valence electrons. The van der Waals surface area contributed by atoms with Crippen molar-refractivity contribution >= 4 is 18.3 Å². The third kappa shape index (κ3) is 10.3. The maximum Gasteiger partial charge on any atom is 0.390 e. The third-order valence-electron chi connectivity index (χ3n) is 2.93. The number of hydrogen-bond acceptors (Lipinski definition) is 3. The number of carbonyl (C=O) groups excluding carboxylic acids is 1.